The van der Waals surface area contributed by atoms with Crippen LogP contribution in [-0.2, 0) is 6.54 Å². The minimum Gasteiger partial charge on any atom is -0.349 e. The number of aromatic nitrogens is 3. The van der Waals surface area contributed by atoms with Crippen LogP contribution in [0.2, 0.25) is 5.02 Å². The van der Waals surface area contributed by atoms with Gasteiger partial charge in [-0.3, -0.25) is 0 Å². The SMILES string of the molecule is Cc1cccc(Nc2cnnc(NCc3ccc(Cl)cc3)n2)c1. The quantitative estimate of drug-likeness (QED) is 0.736. The molecule has 0 unspecified atom stereocenters. The van der Waals surface area contributed by atoms with Crippen molar-refractivity contribution in [3.8, 4) is 0 Å². The van der Waals surface area contributed by atoms with Gasteiger partial charge >= 0.3 is 0 Å². The van der Waals surface area contributed by atoms with Crippen molar-refractivity contribution in [2.75, 3.05) is 10.6 Å². The zero-order chi connectivity index (χ0) is 16.1. The minimum atomic E-state index is 0.470. The maximum Gasteiger partial charge on any atom is 0.244 e. The van der Waals surface area contributed by atoms with Crippen molar-refractivity contribution in [2.45, 2.75) is 13.5 Å². The van der Waals surface area contributed by atoms with Crippen molar-refractivity contribution in [3.63, 3.8) is 0 Å². The molecule has 1 aromatic heterocycles. The fraction of sp³-hybridized carbons (Fsp3) is 0.118. The van der Waals surface area contributed by atoms with Gasteiger partial charge < -0.3 is 10.6 Å². The average molecular weight is 326 g/mol. The van der Waals surface area contributed by atoms with E-state index in [0.717, 1.165) is 16.3 Å². The number of nitrogens with zero attached hydrogens (tertiary/aromatic N) is 3. The predicted octanol–water partition coefficient (Wildman–Crippen LogP) is 4.19. The summed E-state index contributed by atoms with van der Waals surface area (Å²) in [5.41, 5.74) is 3.24. The van der Waals surface area contributed by atoms with Gasteiger partial charge in [0.05, 0.1) is 6.20 Å². The largest absolute Gasteiger partial charge is 0.349 e. The molecule has 0 radical (unpaired) electrons. The highest BCUT2D eigenvalue weighted by molar-refractivity contribution is 6.30. The van der Waals surface area contributed by atoms with Gasteiger partial charge in [-0.05, 0) is 42.3 Å². The maximum absolute atomic E-state index is 5.87. The molecule has 0 fully saturated rings. The van der Waals surface area contributed by atoms with Gasteiger partial charge in [-0.15, -0.1) is 5.10 Å². The number of hydrogen-bond acceptors (Lipinski definition) is 5. The molecule has 0 amide bonds. The molecule has 0 aliphatic carbocycles. The molecule has 0 saturated carbocycles. The summed E-state index contributed by atoms with van der Waals surface area (Å²) in [6, 6.07) is 15.7. The molecule has 2 aromatic carbocycles. The van der Waals surface area contributed by atoms with E-state index in [2.05, 4.69) is 25.8 Å². The van der Waals surface area contributed by atoms with Crippen LogP contribution in [-0.4, -0.2) is 15.2 Å². The Balaban J connectivity index is 1.66. The van der Waals surface area contributed by atoms with Crippen molar-refractivity contribution in [1.82, 2.24) is 15.2 Å². The van der Waals surface area contributed by atoms with Gasteiger partial charge in [-0.1, -0.05) is 35.9 Å². The fourth-order valence-corrected chi connectivity index (χ4v) is 2.22. The van der Waals surface area contributed by atoms with Crippen LogP contribution in [0.1, 0.15) is 11.1 Å². The number of hydrogen-bond donors (Lipinski definition) is 2. The van der Waals surface area contributed by atoms with Gasteiger partial charge in [0.15, 0.2) is 5.82 Å². The highest BCUT2D eigenvalue weighted by Crippen LogP contribution is 2.16. The number of nitrogens with one attached hydrogen (secondary N) is 2. The van der Waals surface area contributed by atoms with E-state index in [1.165, 1.54) is 5.56 Å². The van der Waals surface area contributed by atoms with Gasteiger partial charge in [-0.25, -0.2) is 0 Å². The Labute approximate surface area is 139 Å². The van der Waals surface area contributed by atoms with E-state index in [4.69, 9.17) is 11.6 Å². The molecular formula is C17H16ClN5. The Bertz CT molecular complexity index is 789. The smallest absolute Gasteiger partial charge is 0.244 e. The highest BCUT2D eigenvalue weighted by atomic mass is 35.5. The molecule has 0 aliphatic rings. The lowest BCUT2D eigenvalue weighted by Crippen LogP contribution is -2.06. The summed E-state index contributed by atoms with van der Waals surface area (Å²) in [5, 5.41) is 15.1. The van der Waals surface area contributed by atoms with Crippen molar-refractivity contribution in [3.05, 3.63) is 70.9 Å². The topological polar surface area (TPSA) is 62.7 Å². The highest BCUT2D eigenvalue weighted by Gasteiger charge is 2.02. The van der Waals surface area contributed by atoms with E-state index in [9.17, 15) is 0 Å². The molecule has 3 rings (SSSR count). The first-order valence-electron chi connectivity index (χ1n) is 7.21. The second-order valence-corrected chi connectivity index (χ2v) is 5.58. The van der Waals surface area contributed by atoms with Crippen molar-refractivity contribution in [2.24, 2.45) is 0 Å². The molecule has 0 atom stereocenters. The van der Waals surface area contributed by atoms with E-state index in [-0.39, 0.29) is 0 Å². The summed E-state index contributed by atoms with van der Waals surface area (Å²) in [6.45, 7) is 2.65. The normalized spacial score (nSPS) is 10.3. The zero-order valence-corrected chi connectivity index (χ0v) is 13.4. The van der Waals surface area contributed by atoms with Gasteiger partial charge in [0, 0.05) is 17.3 Å². The van der Waals surface area contributed by atoms with Crippen LogP contribution in [0.5, 0.6) is 0 Å². The Morgan fingerprint density at radius 3 is 2.70 bits per heavy atom. The van der Waals surface area contributed by atoms with E-state index in [1.807, 2.05) is 55.5 Å². The van der Waals surface area contributed by atoms with Gasteiger partial charge in [0.1, 0.15) is 0 Å². The Morgan fingerprint density at radius 1 is 1.09 bits per heavy atom. The van der Waals surface area contributed by atoms with Gasteiger partial charge in [0.2, 0.25) is 5.95 Å². The molecule has 3 aromatic rings. The first-order chi connectivity index (χ1) is 11.2. The third-order valence-electron chi connectivity index (χ3n) is 3.21. The van der Waals surface area contributed by atoms with Crippen LogP contribution in [0.3, 0.4) is 0 Å². The van der Waals surface area contributed by atoms with E-state index in [1.54, 1.807) is 6.20 Å². The van der Waals surface area contributed by atoms with E-state index < -0.39 is 0 Å². The van der Waals surface area contributed by atoms with Crippen LogP contribution < -0.4 is 10.6 Å². The number of anilines is 3. The third-order valence-corrected chi connectivity index (χ3v) is 3.47. The second-order valence-electron chi connectivity index (χ2n) is 5.14. The van der Waals surface area contributed by atoms with Crippen LogP contribution in [0.4, 0.5) is 17.5 Å². The first-order valence-corrected chi connectivity index (χ1v) is 7.58. The molecule has 2 N–H and O–H groups in total. The molecule has 23 heavy (non-hydrogen) atoms. The molecule has 0 saturated heterocycles. The fourth-order valence-electron chi connectivity index (χ4n) is 2.09. The van der Waals surface area contributed by atoms with Crippen molar-refractivity contribution < 1.29 is 0 Å². The van der Waals surface area contributed by atoms with E-state index >= 15 is 0 Å². The second kappa shape index (κ2) is 7.07. The Hall–Kier alpha value is -2.66. The number of rotatable bonds is 5. The Morgan fingerprint density at radius 2 is 1.91 bits per heavy atom. The molecule has 0 bridgehead atoms. The summed E-state index contributed by atoms with van der Waals surface area (Å²) >= 11 is 5.87. The molecule has 5 nitrogen and oxygen atoms in total. The summed E-state index contributed by atoms with van der Waals surface area (Å²) < 4.78 is 0. The van der Waals surface area contributed by atoms with Crippen LogP contribution in [0, 0.1) is 6.92 Å². The van der Waals surface area contributed by atoms with Gasteiger partial charge in [0.25, 0.3) is 0 Å². The molecule has 1 heterocycles. The number of aryl methyl sites for hydroxylation is 1. The summed E-state index contributed by atoms with van der Waals surface area (Å²) in [6.07, 6.45) is 1.59. The lowest BCUT2D eigenvalue weighted by Gasteiger charge is -2.08. The standard InChI is InChI=1S/C17H16ClN5/c1-12-3-2-4-15(9-12)21-16-11-20-23-17(22-16)19-10-13-5-7-14(18)8-6-13/h2-9,11H,10H2,1H3,(H2,19,21,22,23). The average Bonchev–Trinajstić information content (AvgIpc) is 2.55. The number of benzene rings is 2. The Kier molecular flexibility index (Phi) is 4.68. The first kappa shape index (κ1) is 15.2. The summed E-state index contributed by atoms with van der Waals surface area (Å²) in [5.74, 6) is 1.11. The van der Waals surface area contributed by atoms with Gasteiger partial charge in [-0.2, -0.15) is 10.1 Å². The molecule has 6 heteroatoms. The van der Waals surface area contributed by atoms with Crippen molar-refractivity contribution in [1.29, 1.82) is 0 Å². The van der Waals surface area contributed by atoms with E-state index in [0.29, 0.717) is 18.3 Å². The van der Waals surface area contributed by atoms with Crippen molar-refractivity contribution >= 4 is 29.1 Å². The van der Waals surface area contributed by atoms with Crippen LogP contribution in [0.25, 0.3) is 0 Å². The third kappa shape index (κ3) is 4.40. The molecule has 0 spiro atoms. The van der Waals surface area contributed by atoms with Crippen LogP contribution in [0.15, 0.2) is 54.7 Å². The summed E-state index contributed by atoms with van der Waals surface area (Å²) in [7, 11) is 0. The maximum atomic E-state index is 5.87. The minimum absolute atomic E-state index is 0.470. The summed E-state index contributed by atoms with van der Waals surface area (Å²) in [4.78, 5) is 4.41. The van der Waals surface area contributed by atoms with Crippen LogP contribution >= 0.6 is 11.6 Å². The molecule has 116 valence electrons. The lowest BCUT2D eigenvalue weighted by atomic mass is 10.2. The monoisotopic (exact) mass is 325 g/mol. The number of halogens is 1. The molecule has 0 aliphatic heterocycles. The predicted molar refractivity (Wildman–Crippen MR) is 93.1 cm³/mol. The lowest BCUT2D eigenvalue weighted by molar-refractivity contribution is 0.949. The zero-order valence-electron chi connectivity index (χ0n) is 12.6. The molecular weight excluding hydrogens is 310 g/mol.